The lowest BCUT2D eigenvalue weighted by Gasteiger charge is -2.17. The third-order valence-corrected chi connectivity index (χ3v) is 23.3. The number of H-pyrrole nitrogens is 4. The van der Waals surface area contributed by atoms with Gasteiger partial charge in [-0.15, -0.1) is 0 Å². The number of halogens is 5. The number of carbonyl (C=O) groups excluding carboxylic acids is 2. The Morgan fingerprint density at radius 2 is 0.724 bits per heavy atom. The number of anilines is 1. The topological polar surface area (TPSA) is 229 Å². The minimum absolute atomic E-state index is 0. The number of rotatable bonds is 17. The lowest BCUT2D eigenvalue weighted by atomic mass is 9.94. The van der Waals surface area contributed by atoms with Crippen molar-refractivity contribution in [2.75, 3.05) is 24.6 Å². The molecule has 5 heterocycles. The molecule has 19 rings (SSSR count). The number of aliphatic hydroxyl groups excluding tert-OH is 2. The van der Waals surface area contributed by atoms with Crippen LogP contribution in [-0.2, 0) is 21.6 Å². The Labute approximate surface area is 726 Å². The summed E-state index contributed by atoms with van der Waals surface area (Å²) >= 11 is 19.6. The highest BCUT2D eigenvalue weighted by molar-refractivity contribution is 6.35. The average Bonchev–Trinajstić information content (AvgIpc) is 1.63. The van der Waals surface area contributed by atoms with Gasteiger partial charge >= 0.3 is 6.15 Å². The van der Waals surface area contributed by atoms with Gasteiger partial charge in [0.05, 0.1) is 72.4 Å². The third-order valence-electron chi connectivity index (χ3n) is 22.4. The standard InChI is InChI=1S/C27H21FN2O.C25H24ClN3O.C25H23ClN2O2.C22H18ClFN2O2.CO2.CH4/c1-17-8-13-22(14-18(17)2)31-27-29-25-15-23(24(28)16-26(25)30-27)21-11-9-20(10-12-21)19-6-4-3-5-7-19;1-16-5-10-20(13-17(16)2)30-25-27-23-14-21(22(26)15-24(23)28-25)18-6-8-19(9-7-18)29-11-3-4-12-29;1-15-3-8-19(11-16(15)2)30-24-27-22-12-20(21(26)13-23(22)28-24)17-4-6-18(7-5-17)25(14-29)9-10-25;1-12-3-5-15(7-13(12)2)28-22-25-20-9-17(18(23)10-21(20)26-22)16-6-4-14(11-27)8-19(16)24;2-1-3;/h3-16H,1-2H3,(H,29,30);5-10,13-15H,3-4,11-12H2,1-2H3,(H,27,28);3-8,11-13,29H,9-10,14H2,1-2H3,(H,27,28);3-10,27H,11H2,1-2H3,(H,25,26);;1H4. The van der Waals surface area contributed by atoms with E-state index in [1.807, 2.05) is 160 Å². The molecule has 0 amide bonds. The van der Waals surface area contributed by atoms with E-state index in [1.165, 1.54) is 69.6 Å². The van der Waals surface area contributed by atoms with Crippen LogP contribution in [0.15, 0.2) is 243 Å². The van der Waals surface area contributed by atoms with Crippen molar-refractivity contribution in [3.05, 3.63) is 325 Å². The van der Waals surface area contributed by atoms with Gasteiger partial charge in [0, 0.05) is 58.1 Å². The first-order valence-electron chi connectivity index (χ1n) is 39.9. The third kappa shape index (κ3) is 20.0. The van der Waals surface area contributed by atoms with E-state index in [9.17, 15) is 13.9 Å². The fourth-order valence-corrected chi connectivity index (χ4v) is 15.3. The van der Waals surface area contributed by atoms with E-state index in [2.05, 4.69) is 140 Å². The molecule has 622 valence electrons. The fraction of sp³-hybridized carbons (Fsp3) is 0.178. The Bertz CT molecular complexity index is 6720. The molecule has 4 aromatic heterocycles. The van der Waals surface area contributed by atoms with Crippen molar-refractivity contribution in [1.82, 2.24) is 39.9 Å². The number of aromatic nitrogens is 8. The molecule has 22 heteroatoms. The molecular formula is C101H90Cl3F2N9O8. The normalized spacial score (nSPS) is 12.4. The van der Waals surface area contributed by atoms with Gasteiger partial charge in [-0.05, 0) is 274 Å². The van der Waals surface area contributed by atoms with Gasteiger partial charge in [-0.25, -0.2) is 8.78 Å². The van der Waals surface area contributed by atoms with E-state index >= 15 is 0 Å². The van der Waals surface area contributed by atoms with Crippen LogP contribution in [-0.4, -0.2) is 75.9 Å². The van der Waals surface area contributed by atoms with Crippen LogP contribution < -0.4 is 23.8 Å². The molecule has 13 aromatic carbocycles. The first kappa shape index (κ1) is 86.2. The summed E-state index contributed by atoms with van der Waals surface area (Å²) in [5.41, 5.74) is 26.7. The largest absolute Gasteiger partial charge is 0.426 e. The number of hydrogen-bond donors (Lipinski definition) is 6. The molecule has 2 fully saturated rings. The second kappa shape index (κ2) is 37.8. The predicted molar refractivity (Wildman–Crippen MR) is 488 cm³/mol. The Hall–Kier alpha value is -13.2. The predicted octanol–water partition coefficient (Wildman–Crippen LogP) is 26.6. The molecule has 123 heavy (non-hydrogen) atoms. The van der Waals surface area contributed by atoms with Crippen molar-refractivity contribution < 1.29 is 47.5 Å². The zero-order valence-corrected chi connectivity index (χ0v) is 70.5. The molecule has 17 nitrogen and oxygen atoms in total. The van der Waals surface area contributed by atoms with Gasteiger partial charge in [-0.2, -0.15) is 29.5 Å². The van der Waals surface area contributed by atoms with E-state index in [0.29, 0.717) is 94.9 Å². The van der Waals surface area contributed by atoms with Gasteiger partial charge in [-0.3, -0.25) is 0 Å². The van der Waals surface area contributed by atoms with Crippen molar-refractivity contribution >= 4 is 90.8 Å². The molecule has 0 radical (unpaired) electrons. The molecular weight excluding hydrogens is 1610 g/mol. The Morgan fingerprint density at radius 1 is 0.382 bits per heavy atom. The van der Waals surface area contributed by atoms with Crippen LogP contribution in [0.3, 0.4) is 0 Å². The second-order valence-corrected chi connectivity index (χ2v) is 31.9. The lowest BCUT2D eigenvalue weighted by molar-refractivity contribution is -0.191. The number of nitrogens with zero attached hydrogens (tertiary/aromatic N) is 5. The highest BCUT2D eigenvalue weighted by atomic mass is 35.5. The highest BCUT2D eigenvalue weighted by Crippen LogP contribution is 2.49. The van der Waals surface area contributed by atoms with E-state index in [1.54, 1.807) is 30.3 Å². The number of hydrogen-bond acceptors (Lipinski definition) is 13. The van der Waals surface area contributed by atoms with Gasteiger partial charge in [0.2, 0.25) is 0 Å². The van der Waals surface area contributed by atoms with Gasteiger partial charge in [0.25, 0.3) is 24.0 Å². The summed E-state index contributed by atoms with van der Waals surface area (Å²) in [7, 11) is 0. The number of ether oxygens (including phenoxy) is 4. The first-order chi connectivity index (χ1) is 59.0. The molecule has 17 aromatic rings. The summed E-state index contributed by atoms with van der Waals surface area (Å²) in [6, 6.07) is 79.2. The molecule has 1 saturated heterocycles. The first-order valence-corrected chi connectivity index (χ1v) is 41.0. The molecule has 0 spiro atoms. The highest BCUT2D eigenvalue weighted by Gasteiger charge is 2.43. The smallest absolute Gasteiger partial charge is 0.373 e. The van der Waals surface area contributed by atoms with E-state index < -0.39 is 5.82 Å². The van der Waals surface area contributed by atoms with Crippen LogP contribution in [0.4, 0.5) is 14.5 Å². The molecule has 0 atom stereocenters. The Balaban J connectivity index is 0.000000132. The van der Waals surface area contributed by atoms with E-state index in [-0.39, 0.29) is 38.0 Å². The molecule has 1 aliphatic carbocycles. The van der Waals surface area contributed by atoms with E-state index in [0.717, 1.165) is 110 Å². The minimum atomic E-state index is -0.449. The summed E-state index contributed by atoms with van der Waals surface area (Å²) in [5.74, 6) is 2.13. The van der Waals surface area contributed by atoms with Crippen molar-refractivity contribution in [2.24, 2.45) is 0 Å². The quantitative estimate of drug-likeness (QED) is 0.0499. The van der Waals surface area contributed by atoms with Crippen LogP contribution in [0.5, 0.6) is 47.0 Å². The Morgan fingerprint density at radius 3 is 1.11 bits per heavy atom. The van der Waals surface area contributed by atoms with Crippen LogP contribution in [0.25, 0.3) is 99.8 Å². The molecule has 6 N–H and O–H groups in total. The number of fused-ring (bicyclic) bond motifs is 4. The maximum Gasteiger partial charge on any atom is 0.373 e. The lowest BCUT2D eigenvalue weighted by Crippen LogP contribution is -2.17. The molecule has 0 unspecified atom stereocenters. The van der Waals surface area contributed by atoms with Gasteiger partial charge < -0.3 is 54.0 Å². The fourth-order valence-electron chi connectivity index (χ4n) is 14.5. The van der Waals surface area contributed by atoms with Crippen molar-refractivity contribution in [2.45, 2.75) is 101 Å². The van der Waals surface area contributed by atoms with Crippen molar-refractivity contribution in [3.8, 4) is 103 Å². The number of aliphatic hydroxyl groups is 2. The van der Waals surface area contributed by atoms with E-state index in [4.69, 9.17) is 68.4 Å². The number of aromatic amines is 4. The number of nitrogens with one attached hydrogen (secondary N) is 4. The molecule has 1 aliphatic heterocycles. The Kier molecular flexibility index (Phi) is 26.5. The number of aryl methyl sites for hydroxylation is 8. The van der Waals surface area contributed by atoms with Crippen LogP contribution in [0.1, 0.15) is 88.7 Å². The zero-order valence-electron chi connectivity index (χ0n) is 68.2. The maximum atomic E-state index is 14.9. The average molecular weight is 1700 g/mol. The second-order valence-electron chi connectivity index (χ2n) is 30.7. The summed E-state index contributed by atoms with van der Waals surface area (Å²) in [6.07, 6.45) is 4.89. The zero-order chi connectivity index (χ0) is 85.5. The summed E-state index contributed by atoms with van der Waals surface area (Å²) in [4.78, 5) is 49.4. The number of imidazole rings is 4. The molecule has 0 bridgehead atoms. The van der Waals surface area contributed by atoms with Crippen molar-refractivity contribution in [1.29, 1.82) is 0 Å². The van der Waals surface area contributed by atoms with Gasteiger partial charge in [0.15, 0.2) is 0 Å². The summed E-state index contributed by atoms with van der Waals surface area (Å²) < 4.78 is 52.9. The SMILES string of the molecule is C.Cc1ccc(Oc2nc3cc(-c4ccc(-c5ccccc5)cc4)c(F)cc3[nH]2)cc1C.Cc1ccc(Oc2nc3cc(-c4ccc(C5(CO)CC5)cc4)c(Cl)cc3[nH]2)cc1C.Cc1ccc(Oc2nc3cc(-c4ccc(CO)cc4F)c(Cl)cc3[nH]2)cc1C.Cc1ccc(Oc2nc3cc(-c4ccc(N5CCCC5)cc4)c(Cl)cc3[nH]2)cc1C.O=C=O. The molecule has 1 saturated carbocycles. The van der Waals surface area contributed by atoms with Crippen LogP contribution in [0.2, 0.25) is 15.1 Å². The van der Waals surface area contributed by atoms with Crippen LogP contribution >= 0.6 is 34.8 Å². The minimum Gasteiger partial charge on any atom is -0.426 e. The molecule has 2 aliphatic rings. The number of benzene rings is 13. The van der Waals surface area contributed by atoms with Gasteiger partial charge in [-0.1, -0.05) is 170 Å². The summed E-state index contributed by atoms with van der Waals surface area (Å²) in [6.45, 7) is 18.7. The van der Waals surface area contributed by atoms with Gasteiger partial charge in [0.1, 0.15) is 34.6 Å². The van der Waals surface area contributed by atoms with Crippen LogP contribution in [0, 0.1) is 67.0 Å². The monoisotopic (exact) mass is 1700 g/mol. The summed E-state index contributed by atoms with van der Waals surface area (Å²) in [5, 5.41) is 20.5. The maximum absolute atomic E-state index is 14.9. The van der Waals surface area contributed by atoms with Crippen molar-refractivity contribution in [3.63, 3.8) is 0 Å².